The molecular formula is C24H22ClN3O3S3. The Morgan fingerprint density at radius 2 is 1.88 bits per heavy atom. The first-order valence-electron chi connectivity index (χ1n) is 10.9. The number of fused-ring (bicyclic) bond motifs is 1. The van der Waals surface area contributed by atoms with Gasteiger partial charge < -0.3 is 5.32 Å². The van der Waals surface area contributed by atoms with Gasteiger partial charge in [-0.3, -0.25) is 4.79 Å². The SMILES string of the molecule is Cc1ccc2nc(-c3ccc(NC(=O)C4CCCCN4S(=O)(=O)c4ccc(Cl)s4)cc3)sc2c1. The van der Waals surface area contributed by atoms with Crippen LogP contribution in [0.1, 0.15) is 24.8 Å². The first-order valence-corrected chi connectivity index (χ1v) is 14.3. The van der Waals surface area contributed by atoms with Gasteiger partial charge in [-0.25, -0.2) is 13.4 Å². The number of sulfonamides is 1. The van der Waals surface area contributed by atoms with E-state index in [9.17, 15) is 13.2 Å². The summed E-state index contributed by atoms with van der Waals surface area (Å²) in [7, 11) is -3.79. The zero-order chi connectivity index (χ0) is 23.9. The minimum Gasteiger partial charge on any atom is -0.325 e. The highest BCUT2D eigenvalue weighted by molar-refractivity contribution is 7.91. The summed E-state index contributed by atoms with van der Waals surface area (Å²) in [6, 6.07) is 16.0. The number of benzene rings is 2. The van der Waals surface area contributed by atoms with Gasteiger partial charge in [-0.2, -0.15) is 4.31 Å². The molecular weight excluding hydrogens is 510 g/mol. The van der Waals surface area contributed by atoms with E-state index in [-0.39, 0.29) is 10.1 Å². The second-order valence-electron chi connectivity index (χ2n) is 8.24. The number of piperidine rings is 1. The minimum absolute atomic E-state index is 0.160. The molecule has 0 spiro atoms. The van der Waals surface area contributed by atoms with Crippen LogP contribution in [0.15, 0.2) is 58.8 Å². The largest absolute Gasteiger partial charge is 0.325 e. The van der Waals surface area contributed by atoms with Crippen LogP contribution in [0, 0.1) is 6.92 Å². The van der Waals surface area contributed by atoms with Crippen LogP contribution in [-0.2, 0) is 14.8 Å². The maximum Gasteiger partial charge on any atom is 0.253 e. The lowest BCUT2D eigenvalue weighted by atomic mass is 10.0. The monoisotopic (exact) mass is 531 g/mol. The van der Waals surface area contributed by atoms with E-state index in [1.54, 1.807) is 17.4 Å². The van der Waals surface area contributed by atoms with Gasteiger partial charge >= 0.3 is 0 Å². The number of carbonyl (C=O) groups excluding carboxylic acids is 1. The number of aryl methyl sites for hydroxylation is 1. The number of rotatable bonds is 5. The van der Waals surface area contributed by atoms with Gasteiger partial charge in [0.1, 0.15) is 15.3 Å². The normalized spacial score (nSPS) is 17.2. The number of aromatic nitrogens is 1. The van der Waals surface area contributed by atoms with Gasteiger partial charge in [0.2, 0.25) is 5.91 Å². The topological polar surface area (TPSA) is 79.4 Å². The Kier molecular flexibility index (Phi) is 6.47. The Morgan fingerprint density at radius 3 is 2.62 bits per heavy atom. The highest BCUT2D eigenvalue weighted by Crippen LogP contribution is 2.33. The molecule has 0 bridgehead atoms. The van der Waals surface area contributed by atoms with Crippen molar-refractivity contribution in [1.82, 2.24) is 9.29 Å². The summed E-state index contributed by atoms with van der Waals surface area (Å²) in [6.07, 6.45) is 2.00. The molecule has 0 radical (unpaired) electrons. The van der Waals surface area contributed by atoms with E-state index < -0.39 is 16.1 Å². The molecule has 1 unspecified atom stereocenters. The molecule has 1 saturated heterocycles. The molecule has 176 valence electrons. The molecule has 1 aliphatic rings. The van der Waals surface area contributed by atoms with Crippen molar-refractivity contribution in [1.29, 1.82) is 0 Å². The number of hydrogen-bond acceptors (Lipinski definition) is 6. The smallest absolute Gasteiger partial charge is 0.253 e. The van der Waals surface area contributed by atoms with Crippen molar-refractivity contribution in [3.05, 3.63) is 64.5 Å². The van der Waals surface area contributed by atoms with Crippen LogP contribution in [0.5, 0.6) is 0 Å². The number of halogens is 1. The van der Waals surface area contributed by atoms with Crippen molar-refractivity contribution in [2.45, 2.75) is 36.4 Å². The molecule has 1 atom stereocenters. The Labute approximate surface area is 211 Å². The maximum atomic E-state index is 13.2. The van der Waals surface area contributed by atoms with Gasteiger partial charge in [0.05, 0.1) is 14.6 Å². The zero-order valence-electron chi connectivity index (χ0n) is 18.3. The number of anilines is 1. The highest BCUT2D eigenvalue weighted by atomic mass is 35.5. The van der Waals surface area contributed by atoms with Gasteiger partial charge in [0.15, 0.2) is 0 Å². The third-order valence-electron chi connectivity index (χ3n) is 5.81. The van der Waals surface area contributed by atoms with E-state index in [1.165, 1.54) is 15.9 Å². The molecule has 1 aliphatic heterocycles. The summed E-state index contributed by atoms with van der Waals surface area (Å²) in [6.45, 7) is 2.37. The summed E-state index contributed by atoms with van der Waals surface area (Å²) in [4.78, 5) is 17.8. The molecule has 3 heterocycles. The number of hydrogen-bond donors (Lipinski definition) is 1. The van der Waals surface area contributed by atoms with Crippen LogP contribution < -0.4 is 5.32 Å². The second-order valence-corrected chi connectivity index (χ2v) is 13.1. The molecule has 1 fully saturated rings. The zero-order valence-corrected chi connectivity index (χ0v) is 21.5. The molecule has 4 aromatic rings. The van der Waals surface area contributed by atoms with Gasteiger partial charge in [-0.05, 0) is 73.9 Å². The lowest BCUT2D eigenvalue weighted by molar-refractivity contribution is -0.120. The molecule has 34 heavy (non-hydrogen) atoms. The Bertz CT molecular complexity index is 1460. The van der Waals surface area contributed by atoms with E-state index in [0.29, 0.717) is 23.0 Å². The van der Waals surface area contributed by atoms with E-state index >= 15 is 0 Å². The first kappa shape index (κ1) is 23.4. The van der Waals surface area contributed by atoms with E-state index in [4.69, 9.17) is 16.6 Å². The van der Waals surface area contributed by atoms with Crippen LogP contribution in [-0.4, -0.2) is 36.2 Å². The third kappa shape index (κ3) is 4.63. The molecule has 10 heteroatoms. The van der Waals surface area contributed by atoms with Crippen LogP contribution in [0.3, 0.4) is 0 Å². The molecule has 1 amide bonds. The van der Waals surface area contributed by atoms with Crippen molar-refractivity contribution in [3.63, 3.8) is 0 Å². The Hall–Kier alpha value is -2.30. The summed E-state index contributed by atoms with van der Waals surface area (Å²) in [5, 5.41) is 3.81. The highest BCUT2D eigenvalue weighted by Gasteiger charge is 2.38. The van der Waals surface area contributed by atoms with Gasteiger partial charge in [-0.15, -0.1) is 22.7 Å². The Balaban J connectivity index is 1.33. The maximum absolute atomic E-state index is 13.2. The van der Waals surface area contributed by atoms with Crippen LogP contribution in [0.4, 0.5) is 5.69 Å². The number of nitrogens with zero attached hydrogens (tertiary/aromatic N) is 2. The fraction of sp³-hybridized carbons (Fsp3) is 0.250. The average Bonchev–Trinajstić information content (AvgIpc) is 3.46. The predicted octanol–water partition coefficient (Wildman–Crippen LogP) is 6.17. The van der Waals surface area contributed by atoms with E-state index in [0.717, 1.165) is 45.0 Å². The van der Waals surface area contributed by atoms with Crippen molar-refractivity contribution in [3.8, 4) is 10.6 Å². The molecule has 2 aromatic carbocycles. The predicted molar refractivity (Wildman–Crippen MR) is 139 cm³/mol. The number of nitrogens with one attached hydrogen (secondary N) is 1. The number of carbonyl (C=O) groups is 1. The van der Waals surface area contributed by atoms with Crippen LogP contribution in [0.2, 0.25) is 4.34 Å². The number of thiazole rings is 1. The summed E-state index contributed by atoms with van der Waals surface area (Å²) in [5.41, 5.74) is 3.75. The Morgan fingerprint density at radius 1 is 1.09 bits per heavy atom. The number of amides is 1. The van der Waals surface area contributed by atoms with Gasteiger partial charge in [0.25, 0.3) is 10.0 Å². The lowest BCUT2D eigenvalue weighted by Crippen LogP contribution is -2.49. The number of thiophene rings is 1. The summed E-state index contributed by atoms with van der Waals surface area (Å²) < 4.78 is 29.3. The van der Waals surface area contributed by atoms with E-state index in [2.05, 4.69) is 18.3 Å². The van der Waals surface area contributed by atoms with Crippen molar-refractivity contribution in [2.24, 2.45) is 0 Å². The van der Waals surface area contributed by atoms with Crippen LogP contribution in [0.25, 0.3) is 20.8 Å². The van der Waals surface area contributed by atoms with Crippen molar-refractivity contribution >= 4 is 66.1 Å². The van der Waals surface area contributed by atoms with E-state index in [1.807, 2.05) is 36.4 Å². The third-order valence-corrected chi connectivity index (χ3v) is 10.5. The van der Waals surface area contributed by atoms with Crippen molar-refractivity contribution in [2.75, 3.05) is 11.9 Å². The average molecular weight is 532 g/mol. The molecule has 0 saturated carbocycles. The molecule has 5 rings (SSSR count). The van der Waals surface area contributed by atoms with Crippen LogP contribution >= 0.6 is 34.3 Å². The van der Waals surface area contributed by atoms with Gasteiger partial charge in [0, 0.05) is 17.8 Å². The molecule has 6 nitrogen and oxygen atoms in total. The fourth-order valence-corrected chi connectivity index (χ4v) is 8.42. The minimum atomic E-state index is -3.79. The summed E-state index contributed by atoms with van der Waals surface area (Å²) >= 11 is 8.59. The lowest BCUT2D eigenvalue weighted by Gasteiger charge is -2.33. The molecule has 1 N–H and O–H groups in total. The molecule has 2 aromatic heterocycles. The summed E-state index contributed by atoms with van der Waals surface area (Å²) in [5.74, 6) is -0.325. The first-order chi connectivity index (χ1) is 16.3. The second kappa shape index (κ2) is 9.39. The molecule has 0 aliphatic carbocycles. The quantitative estimate of drug-likeness (QED) is 0.334. The standard InChI is InChI=1S/C24H22ClN3O3S3/c1-15-5-10-18-20(14-15)32-24(27-18)16-6-8-17(9-7-16)26-23(29)19-4-2-3-13-28(19)34(30,31)22-12-11-21(25)33-22/h5-12,14,19H,2-4,13H2,1H3,(H,26,29). The van der Waals surface area contributed by atoms with Crippen molar-refractivity contribution < 1.29 is 13.2 Å². The van der Waals surface area contributed by atoms with Gasteiger partial charge in [-0.1, -0.05) is 24.1 Å². The fourth-order valence-electron chi connectivity index (χ4n) is 4.08.